The van der Waals surface area contributed by atoms with Crippen LogP contribution in [0, 0.1) is 0 Å². The molecular weight excluding hydrogens is 117 g/mol. The van der Waals surface area contributed by atoms with Crippen LogP contribution in [0.5, 0.6) is 0 Å². The van der Waals surface area contributed by atoms with E-state index >= 15 is 0 Å². The first kappa shape index (κ1) is 5.46. The second kappa shape index (κ2) is 2.58. The van der Waals surface area contributed by atoms with Gasteiger partial charge in [0.25, 0.3) is 0 Å². The number of hydrogen-bond donors (Lipinski definition) is 0. The Labute approximate surface area is 50.7 Å². The molecule has 0 aliphatic rings. The summed E-state index contributed by atoms with van der Waals surface area (Å²) in [6.07, 6.45) is 0. The second-order valence-electron chi connectivity index (χ2n) is 1.46. The number of nitrogens with zero attached hydrogens (tertiary/aromatic N) is 1. The minimum atomic E-state index is 0.998. The normalized spacial score (nSPS) is 8.50. The SMILES string of the molecule is [PH2+]=Nc1ccccc1. The number of rotatable bonds is 1. The fourth-order valence-electron chi connectivity index (χ4n) is 0.514. The molecule has 0 heterocycles. The van der Waals surface area contributed by atoms with E-state index in [0.717, 1.165) is 5.69 Å². The lowest BCUT2D eigenvalue weighted by Gasteiger charge is -1.80. The summed E-state index contributed by atoms with van der Waals surface area (Å²) in [5.41, 5.74) is 0.998. The van der Waals surface area contributed by atoms with E-state index in [2.05, 4.69) is 13.8 Å². The van der Waals surface area contributed by atoms with E-state index in [-0.39, 0.29) is 0 Å². The van der Waals surface area contributed by atoms with Gasteiger partial charge in [0.1, 0.15) is 5.69 Å². The summed E-state index contributed by atoms with van der Waals surface area (Å²) in [5.74, 6) is 0. The zero-order chi connectivity index (χ0) is 5.82. The highest BCUT2D eigenvalue weighted by molar-refractivity contribution is 7.04. The maximum atomic E-state index is 3.89. The maximum absolute atomic E-state index is 3.89. The van der Waals surface area contributed by atoms with Gasteiger partial charge >= 0.3 is 0 Å². The lowest BCUT2D eigenvalue weighted by molar-refractivity contribution is 1.57. The third kappa shape index (κ3) is 1.14. The van der Waals surface area contributed by atoms with E-state index in [9.17, 15) is 0 Å². The van der Waals surface area contributed by atoms with Crippen LogP contribution >= 0.6 is 9.03 Å². The van der Waals surface area contributed by atoms with Gasteiger partial charge in [-0.2, -0.15) is 0 Å². The molecular formula is C6H7NP+. The molecule has 1 rings (SSSR count). The fourth-order valence-corrected chi connectivity index (χ4v) is 0.686. The molecule has 0 N–H and O–H groups in total. The van der Waals surface area contributed by atoms with Crippen molar-refractivity contribution < 1.29 is 0 Å². The molecule has 8 heavy (non-hydrogen) atoms. The van der Waals surface area contributed by atoms with E-state index in [0.29, 0.717) is 0 Å². The number of hydrogen-bond acceptors (Lipinski definition) is 1. The highest BCUT2D eigenvalue weighted by Gasteiger charge is 1.81. The molecule has 0 aromatic heterocycles. The molecule has 0 saturated heterocycles. The molecule has 1 atom stereocenters. The molecule has 0 spiro atoms. The van der Waals surface area contributed by atoms with Gasteiger partial charge in [-0.3, -0.25) is 0 Å². The molecule has 1 unspecified atom stereocenters. The van der Waals surface area contributed by atoms with Crippen molar-refractivity contribution in [2.75, 3.05) is 0 Å². The van der Waals surface area contributed by atoms with Gasteiger partial charge < -0.3 is 0 Å². The summed E-state index contributed by atoms with van der Waals surface area (Å²) >= 11 is 0. The first-order valence-electron chi connectivity index (χ1n) is 2.39. The van der Waals surface area contributed by atoms with Crippen LogP contribution in [0.4, 0.5) is 5.69 Å². The average Bonchev–Trinajstić information content (AvgIpc) is 1.90. The molecule has 0 saturated carbocycles. The molecule has 0 fully saturated rings. The Morgan fingerprint density at radius 3 is 2.12 bits per heavy atom. The third-order valence-corrected chi connectivity index (χ3v) is 1.20. The quantitative estimate of drug-likeness (QED) is 0.509. The molecule has 2 heteroatoms. The second-order valence-corrected chi connectivity index (χ2v) is 1.72. The first-order valence-corrected chi connectivity index (χ1v) is 2.91. The Kier molecular flexibility index (Phi) is 1.76. The van der Waals surface area contributed by atoms with Crippen molar-refractivity contribution >= 4 is 14.7 Å². The molecule has 0 amide bonds. The van der Waals surface area contributed by atoms with E-state index in [4.69, 9.17) is 0 Å². The van der Waals surface area contributed by atoms with Crippen molar-refractivity contribution in [2.24, 2.45) is 4.74 Å². The summed E-state index contributed by atoms with van der Waals surface area (Å²) in [6, 6.07) is 9.80. The van der Waals surface area contributed by atoms with Crippen molar-refractivity contribution in [3.63, 3.8) is 0 Å². The van der Waals surface area contributed by atoms with Crippen LogP contribution in [0.1, 0.15) is 0 Å². The summed E-state index contributed by atoms with van der Waals surface area (Å²) < 4.78 is 3.89. The van der Waals surface area contributed by atoms with Gasteiger partial charge in [0.2, 0.25) is 0 Å². The predicted molar refractivity (Wildman–Crippen MR) is 38.2 cm³/mol. The lowest BCUT2D eigenvalue weighted by atomic mass is 10.3. The van der Waals surface area contributed by atoms with Crippen LogP contribution in [0.15, 0.2) is 35.1 Å². The monoisotopic (exact) mass is 124 g/mol. The molecule has 40 valence electrons. The van der Waals surface area contributed by atoms with Crippen molar-refractivity contribution in [2.45, 2.75) is 0 Å². The molecule has 1 aromatic rings. The van der Waals surface area contributed by atoms with E-state index < -0.39 is 0 Å². The van der Waals surface area contributed by atoms with Gasteiger partial charge in [0.15, 0.2) is 9.03 Å². The highest BCUT2D eigenvalue weighted by Crippen LogP contribution is 2.09. The van der Waals surface area contributed by atoms with Gasteiger partial charge in [-0.25, -0.2) is 0 Å². The van der Waals surface area contributed by atoms with Crippen LogP contribution in [0.3, 0.4) is 0 Å². The van der Waals surface area contributed by atoms with E-state index in [1.807, 2.05) is 30.3 Å². The summed E-state index contributed by atoms with van der Waals surface area (Å²) in [7, 11) is 2.32. The minimum absolute atomic E-state index is 0.998. The zero-order valence-corrected chi connectivity index (χ0v) is 5.57. The van der Waals surface area contributed by atoms with Crippen molar-refractivity contribution in [1.82, 2.24) is 0 Å². The lowest BCUT2D eigenvalue weighted by Crippen LogP contribution is -1.55. The topological polar surface area (TPSA) is 12.4 Å². The molecule has 1 aromatic carbocycles. The average molecular weight is 124 g/mol. The van der Waals surface area contributed by atoms with Gasteiger partial charge in [-0.1, -0.05) is 22.9 Å². The van der Waals surface area contributed by atoms with E-state index in [1.165, 1.54) is 0 Å². The highest BCUT2D eigenvalue weighted by atomic mass is 31.0. The summed E-state index contributed by atoms with van der Waals surface area (Å²) in [5, 5.41) is 0. The largest absolute Gasteiger partial charge is 0.177 e. The third-order valence-electron chi connectivity index (χ3n) is 0.905. The standard InChI is InChI=1S/C6H6NP/c8-7-6-4-2-1-3-5-6/h1-5,8H/p+1. The fraction of sp³-hybridized carbons (Fsp3) is 0. The van der Waals surface area contributed by atoms with E-state index in [1.54, 1.807) is 0 Å². The minimum Gasteiger partial charge on any atom is -0.0784 e. The summed E-state index contributed by atoms with van der Waals surface area (Å²) in [6.45, 7) is 0. The van der Waals surface area contributed by atoms with Gasteiger partial charge in [0, 0.05) is 0 Å². The molecule has 1 nitrogen and oxygen atoms in total. The Balaban J connectivity index is 2.99. The Bertz CT molecular complexity index is 171. The van der Waals surface area contributed by atoms with Crippen molar-refractivity contribution in [3.8, 4) is 0 Å². The Morgan fingerprint density at radius 1 is 1.12 bits per heavy atom. The Hall–Kier alpha value is -0.680. The maximum Gasteiger partial charge on any atom is 0.177 e. The molecule has 0 aliphatic carbocycles. The van der Waals surface area contributed by atoms with Crippen LogP contribution in [-0.4, -0.2) is 0 Å². The van der Waals surface area contributed by atoms with Gasteiger partial charge in [-0.15, -0.1) is 0 Å². The molecule has 0 aliphatic heterocycles. The Morgan fingerprint density at radius 2 is 1.75 bits per heavy atom. The predicted octanol–water partition coefficient (Wildman–Crippen LogP) is 2.38. The van der Waals surface area contributed by atoms with Crippen LogP contribution < -0.4 is 0 Å². The molecule has 0 bridgehead atoms. The van der Waals surface area contributed by atoms with Crippen LogP contribution in [0.25, 0.3) is 0 Å². The van der Waals surface area contributed by atoms with Crippen molar-refractivity contribution in [3.05, 3.63) is 30.3 Å². The summed E-state index contributed by atoms with van der Waals surface area (Å²) in [4.78, 5) is 0. The van der Waals surface area contributed by atoms with Crippen LogP contribution in [0.2, 0.25) is 0 Å². The smallest absolute Gasteiger partial charge is 0.0784 e. The number of benzene rings is 1. The molecule has 0 radical (unpaired) electrons. The van der Waals surface area contributed by atoms with Gasteiger partial charge in [-0.05, 0) is 12.1 Å². The van der Waals surface area contributed by atoms with Crippen molar-refractivity contribution in [1.29, 1.82) is 0 Å². The van der Waals surface area contributed by atoms with Gasteiger partial charge in [0.05, 0.1) is 0 Å². The van der Waals surface area contributed by atoms with Crippen LogP contribution in [-0.2, 0) is 0 Å². The zero-order valence-electron chi connectivity index (χ0n) is 4.41. The first-order chi connectivity index (χ1) is 3.93.